The molecule has 1 aromatic carbocycles. The third-order valence-electron chi connectivity index (χ3n) is 3.92. The lowest BCUT2D eigenvalue weighted by Gasteiger charge is -2.33. The molecule has 5 nitrogen and oxygen atoms in total. The molecule has 1 aliphatic rings. The summed E-state index contributed by atoms with van der Waals surface area (Å²) in [4.78, 5) is 14.3. The standard InChI is InChI=1S/C18H28ClN3O2/c1-14(2)12-22-8-9-24-17(13-22)11-21-18(23)20-7-6-15-4-3-5-16(19)10-15/h3-5,10,14,17H,6-9,11-13H2,1-2H3,(H2,20,21,23). The number of nitrogens with one attached hydrogen (secondary N) is 2. The average Bonchev–Trinajstić information content (AvgIpc) is 2.53. The highest BCUT2D eigenvalue weighted by Gasteiger charge is 2.21. The van der Waals surface area contributed by atoms with Crippen molar-refractivity contribution >= 4 is 17.6 Å². The molecule has 2 amide bonds. The molecule has 1 unspecified atom stereocenters. The Bertz CT molecular complexity index is 525. The van der Waals surface area contributed by atoms with Crippen molar-refractivity contribution in [3.8, 4) is 0 Å². The van der Waals surface area contributed by atoms with Gasteiger partial charge in [-0.1, -0.05) is 37.6 Å². The zero-order valence-corrected chi connectivity index (χ0v) is 15.3. The molecule has 0 aromatic heterocycles. The van der Waals surface area contributed by atoms with Gasteiger partial charge in [-0.2, -0.15) is 0 Å². The summed E-state index contributed by atoms with van der Waals surface area (Å²) in [6.45, 7) is 9.21. The molecule has 0 saturated carbocycles. The monoisotopic (exact) mass is 353 g/mol. The van der Waals surface area contributed by atoms with Crippen LogP contribution in [0.25, 0.3) is 0 Å². The lowest BCUT2D eigenvalue weighted by molar-refractivity contribution is -0.0290. The Hall–Kier alpha value is -1.30. The van der Waals surface area contributed by atoms with Crippen LogP contribution < -0.4 is 10.6 Å². The van der Waals surface area contributed by atoms with Crippen LogP contribution in [0, 0.1) is 5.92 Å². The number of morpholine rings is 1. The van der Waals surface area contributed by atoms with Gasteiger partial charge in [-0.05, 0) is 30.0 Å². The number of rotatable bonds is 7. The first-order chi connectivity index (χ1) is 11.5. The summed E-state index contributed by atoms with van der Waals surface area (Å²) in [6.07, 6.45) is 0.826. The van der Waals surface area contributed by atoms with Crippen LogP contribution >= 0.6 is 11.6 Å². The van der Waals surface area contributed by atoms with Gasteiger partial charge < -0.3 is 15.4 Å². The van der Waals surface area contributed by atoms with Crippen LogP contribution in [0.3, 0.4) is 0 Å². The smallest absolute Gasteiger partial charge is 0.314 e. The number of hydrogen-bond acceptors (Lipinski definition) is 3. The number of ether oxygens (including phenoxy) is 1. The van der Waals surface area contributed by atoms with E-state index in [4.69, 9.17) is 16.3 Å². The average molecular weight is 354 g/mol. The van der Waals surface area contributed by atoms with Gasteiger partial charge in [0.15, 0.2) is 0 Å². The first kappa shape index (κ1) is 19.0. The Labute approximate surface area is 149 Å². The van der Waals surface area contributed by atoms with E-state index in [0.29, 0.717) is 19.0 Å². The molecule has 2 rings (SSSR count). The van der Waals surface area contributed by atoms with Gasteiger partial charge in [-0.15, -0.1) is 0 Å². The summed E-state index contributed by atoms with van der Waals surface area (Å²) in [5.41, 5.74) is 1.11. The maximum atomic E-state index is 11.9. The SMILES string of the molecule is CC(C)CN1CCOC(CNC(=O)NCCc2cccc(Cl)c2)C1. The largest absolute Gasteiger partial charge is 0.374 e. The van der Waals surface area contributed by atoms with E-state index in [0.717, 1.165) is 43.2 Å². The van der Waals surface area contributed by atoms with Crippen LogP contribution in [0.1, 0.15) is 19.4 Å². The molecule has 0 spiro atoms. The normalized spacial score (nSPS) is 18.6. The molecule has 24 heavy (non-hydrogen) atoms. The molecule has 0 radical (unpaired) electrons. The van der Waals surface area contributed by atoms with Gasteiger partial charge in [-0.3, -0.25) is 4.90 Å². The van der Waals surface area contributed by atoms with Gasteiger partial charge in [0.25, 0.3) is 0 Å². The molecule has 2 N–H and O–H groups in total. The lowest BCUT2D eigenvalue weighted by Crippen LogP contribution is -2.49. The highest BCUT2D eigenvalue weighted by molar-refractivity contribution is 6.30. The number of benzene rings is 1. The highest BCUT2D eigenvalue weighted by atomic mass is 35.5. The molecule has 134 valence electrons. The molecular weight excluding hydrogens is 326 g/mol. The van der Waals surface area contributed by atoms with E-state index in [1.165, 1.54) is 0 Å². The quantitative estimate of drug-likeness (QED) is 0.792. The molecule has 1 fully saturated rings. The molecular formula is C18H28ClN3O2. The molecule has 1 aromatic rings. The number of amides is 2. The van der Waals surface area contributed by atoms with E-state index in [-0.39, 0.29) is 12.1 Å². The van der Waals surface area contributed by atoms with Crippen molar-refractivity contribution in [3.05, 3.63) is 34.9 Å². The van der Waals surface area contributed by atoms with Crippen molar-refractivity contribution in [2.24, 2.45) is 5.92 Å². The van der Waals surface area contributed by atoms with E-state index in [1.807, 2.05) is 24.3 Å². The Balaban J connectivity index is 1.62. The molecule has 1 atom stereocenters. The third-order valence-corrected chi connectivity index (χ3v) is 4.16. The van der Waals surface area contributed by atoms with Crippen LogP contribution in [0.4, 0.5) is 4.79 Å². The maximum absolute atomic E-state index is 11.9. The summed E-state index contributed by atoms with van der Waals surface area (Å²) < 4.78 is 5.73. The van der Waals surface area contributed by atoms with E-state index < -0.39 is 0 Å². The lowest BCUT2D eigenvalue weighted by atomic mass is 10.1. The fourth-order valence-corrected chi connectivity index (χ4v) is 3.08. The van der Waals surface area contributed by atoms with Crippen LogP contribution in [-0.4, -0.2) is 56.4 Å². The van der Waals surface area contributed by atoms with E-state index in [2.05, 4.69) is 29.4 Å². The van der Waals surface area contributed by atoms with Crippen molar-refractivity contribution in [1.29, 1.82) is 0 Å². The van der Waals surface area contributed by atoms with Gasteiger partial charge in [0.1, 0.15) is 0 Å². The number of urea groups is 1. The number of nitrogens with zero attached hydrogens (tertiary/aromatic N) is 1. The number of carbonyl (C=O) groups is 1. The Morgan fingerprint density at radius 1 is 1.42 bits per heavy atom. The second-order valence-corrected chi connectivity index (χ2v) is 7.10. The zero-order chi connectivity index (χ0) is 17.4. The predicted octanol–water partition coefficient (Wildman–Crippen LogP) is 2.54. The van der Waals surface area contributed by atoms with Crippen LogP contribution in [0.15, 0.2) is 24.3 Å². The third kappa shape index (κ3) is 7.07. The summed E-state index contributed by atoms with van der Waals surface area (Å²) in [6, 6.07) is 7.53. The van der Waals surface area contributed by atoms with Crippen molar-refractivity contribution in [2.45, 2.75) is 26.4 Å². The topological polar surface area (TPSA) is 53.6 Å². The highest BCUT2D eigenvalue weighted by Crippen LogP contribution is 2.10. The van der Waals surface area contributed by atoms with Gasteiger partial charge in [0, 0.05) is 37.7 Å². The van der Waals surface area contributed by atoms with Crippen molar-refractivity contribution in [2.75, 3.05) is 39.3 Å². The second-order valence-electron chi connectivity index (χ2n) is 6.66. The number of halogens is 1. The van der Waals surface area contributed by atoms with Crippen molar-refractivity contribution < 1.29 is 9.53 Å². The zero-order valence-electron chi connectivity index (χ0n) is 14.6. The molecule has 6 heteroatoms. The molecule has 0 bridgehead atoms. The first-order valence-corrected chi connectivity index (χ1v) is 9.01. The Morgan fingerprint density at radius 2 is 2.25 bits per heavy atom. The number of hydrogen-bond donors (Lipinski definition) is 2. The molecule has 1 aliphatic heterocycles. The van der Waals surface area contributed by atoms with Gasteiger partial charge in [0.05, 0.1) is 12.7 Å². The van der Waals surface area contributed by atoms with E-state index >= 15 is 0 Å². The number of carbonyl (C=O) groups excluding carboxylic acids is 1. The van der Waals surface area contributed by atoms with E-state index in [1.54, 1.807) is 0 Å². The summed E-state index contributed by atoms with van der Waals surface area (Å²) in [5.74, 6) is 0.645. The molecule has 1 heterocycles. The minimum absolute atomic E-state index is 0.0659. The maximum Gasteiger partial charge on any atom is 0.314 e. The molecule has 1 saturated heterocycles. The van der Waals surface area contributed by atoms with Crippen LogP contribution in [0.2, 0.25) is 5.02 Å². The van der Waals surface area contributed by atoms with Gasteiger partial charge in [0.2, 0.25) is 0 Å². The molecule has 0 aliphatic carbocycles. The van der Waals surface area contributed by atoms with Crippen molar-refractivity contribution in [3.63, 3.8) is 0 Å². The van der Waals surface area contributed by atoms with Gasteiger partial charge >= 0.3 is 6.03 Å². The first-order valence-electron chi connectivity index (χ1n) is 8.63. The Kier molecular flexibility index (Phi) is 7.82. The van der Waals surface area contributed by atoms with Crippen LogP contribution in [-0.2, 0) is 11.2 Å². The fraction of sp³-hybridized carbons (Fsp3) is 0.611. The Morgan fingerprint density at radius 3 is 3.00 bits per heavy atom. The summed E-state index contributed by atoms with van der Waals surface area (Å²) >= 11 is 5.95. The minimum atomic E-state index is -0.151. The van der Waals surface area contributed by atoms with E-state index in [9.17, 15) is 4.79 Å². The fourth-order valence-electron chi connectivity index (χ4n) is 2.87. The van der Waals surface area contributed by atoms with Gasteiger partial charge in [-0.25, -0.2) is 4.79 Å². The van der Waals surface area contributed by atoms with Crippen molar-refractivity contribution in [1.82, 2.24) is 15.5 Å². The summed E-state index contributed by atoms with van der Waals surface area (Å²) in [5, 5.41) is 6.49. The minimum Gasteiger partial charge on any atom is -0.374 e. The van der Waals surface area contributed by atoms with Crippen LogP contribution in [0.5, 0.6) is 0 Å². The predicted molar refractivity (Wildman–Crippen MR) is 97.6 cm³/mol. The second kappa shape index (κ2) is 9.87. The summed E-state index contributed by atoms with van der Waals surface area (Å²) in [7, 11) is 0.